The molecule has 0 saturated carbocycles. The molecule has 0 bridgehead atoms. The molecule has 31 heavy (non-hydrogen) atoms. The summed E-state index contributed by atoms with van der Waals surface area (Å²) in [5, 5.41) is 0. The van der Waals surface area contributed by atoms with Gasteiger partial charge in [-0.3, -0.25) is 14.5 Å². The lowest BCUT2D eigenvalue weighted by Gasteiger charge is -2.41. The van der Waals surface area contributed by atoms with Gasteiger partial charge in [-0.2, -0.15) is 0 Å². The number of esters is 2. The second kappa shape index (κ2) is 14.7. The second-order valence-corrected chi connectivity index (χ2v) is 12.8. The average molecular weight is 476 g/mol. The lowest BCUT2D eigenvalue weighted by molar-refractivity contribution is -0.145. The summed E-state index contributed by atoms with van der Waals surface area (Å²) in [6.07, 6.45) is 6.57. The molecule has 1 aliphatic heterocycles. The van der Waals surface area contributed by atoms with Crippen molar-refractivity contribution in [3.05, 3.63) is 0 Å². The van der Waals surface area contributed by atoms with Crippen molar-refractivity contribution in [3.63, 3.8) is 0 Å². The van der Waals surface area contributed by atoms with Crippen LogP contribution in [0.5, 0.6) is 0 Å². The van der Waals surface area contributed by atoms with Gasteiger partial charge in [0.1, 0.15) is 0 Å². The van der Waals surface area contributed by atoms with Gasteiger partial charge in [0.2, 0.25) is 0 Å². The summed E-state index contributed by atoms with van der Waals surface area (Å²) in [7, 11) is 3.86. The molecule has 7 heteroatoms. The van der Waals surface area contributed by atoms with Crippen LogP contribution in [-0.2, 0) is 19.1 Å². The molecule has 0 aromatic rings. The Kier molecular flexibility index (Phi) is 13.6. The van der Waals surface area contributed by atoms with E-state index in [2.05, 4.69) is 46.4 Å². The van der Waals surface area contributed by atoms with Crippen LogP contribution in [0.3, 0.4) is 0 Å². The minimum Gasteiger partial charge on any atom is -0.466 e. The number of hydrogen-bond acceptors (Lipinski definition) is 7. The van der Waals surface area contributed by atoms with Crippen molar-refractivity contribution >= 4 is 33.5 Å². The Morgan fingerprint density at radius 2 is 1.39 bits per heavy atom. The molecule has 0 aromatic heterocycles. The fraction of sp³-hybridized carbons (Fsp3) is 0.917. The van der Waals surface area contributed by atoms with E-state index in [1.54, 1.807) is 0 Å². The highest BCUT2D eigenvalue weighted by atomic mass is 33.1. The highest BCUT2D eigenvalue weighted by molar-refractivity contribution is 8.77. The van der Waals surface area contributed by atoms with Crippen molar-refractivity contribution < 1.29 is 19.1 Å². The minimum absolute atomic E-state index is 0.0945. The van der Waals surface area contributed by atoms with Crippen molar-refractivity contribution in [2.75, 3.05) is 31.3 Å². The predicted octanol–water partition coefficient (Wildman–Crippen LogP) is 6.10. The fourth-order valence-electron chi connectivity index (χ4n) is 3.43. The van der Waals surface area contributed by atoms with Crippen LogP contribution in [0.4, 0.5) is 0 Å². The van der Waals surface area contributed by atoms with Gasteiger partial charge in [-0.05, 0) is 57.8 Å². The lowest BCUT2D eigenvalue weighted by Crippen LogP contribution is -2.51. The summed E-state index contributed by atoms with van der Waals surface area (Å²) in [5.74, 6) is 2.08. The molecule has 0 aliphatic carbocycles. The SMILES string of the molecule is CCC(C)(C)N(CCC(=O)OCCCCCCOC(=O)CCC(C)(C)C)C1CSSC1. The number of carbonyl (C=O) groups excluding carboxylic acids is 2. The van der Waals surface area contributed by atoms with E-state index in [1.165, 1.54) is 0 Å². The van der Waals surface area contributed by atoms with Gasteiger partial charge in [-0.1, -0.05) is 49.3 Å². The quantitative estimate of drug-likeness (QED) is 0.161. The maximum atomic E-state index is 12.2. The number of ether oxygens (including phenoxy) is 2. The van der Waals surface area contributed by atoms with E-state index < -0.39 is 0 Å². The van der Waals surface area contributed by atoms with E-state index in [0.29, 0.717) is 32.1 Å². The zero-order valence-corrected chi connectivity index (χ0v) is 22.3. The summed E-state index contributed by atoms with van der Waals surface area (Å²) in [4.78, 5) is 26.4. The van der Waals surface area contributed by atoms with E-state index in [9.17, 15) is 9.59 Å². The maximum Gasteiger partial charge on any atom is 0.307 e. The Morgan fingerprint density at radius 1 is 0.871 bits per heavy atom. The number of carbonyl (C=O) groups is 2. The fourth-order valence-corrected chi connectivity index (χ4v) is 6.20. The molecular formula is C24H45NO4S2. The van der Waals surface area contributed by atoms with E-state index in [4.69, 9.17) is 9.47 Å². The second-order valence-electron chi connectivity index (χ2n) is 10.2. The number of nitrogens with zero attached hydrogens (tertiary/aromatic N) is 1. The summed E-state index contributed by atoms with van der Waals surface area (Å²) in [5.41, 5.74) is 0.266. The van der Waals surface area contributed by atoms with Gasteiger partial charge in [0, 0.05) is 36.1 Å². The first-order valence-electron chi connectivity index (χ1n) is 11.9. The molecule has 0 atom stereocenters. The van der Waals surface area contributed by atoms with Crippen molar-refractivity contribution in [1.82, 2.24) is 4.90 Å². The normalized spacial score (nSPS) is 15.5. The van der Waals surface area contributed by atoms with Gasteiger partial charge in [0.25, 0.3) is 0 Å². The van der Waals surface area contributed by atoms with Crippen LogP contribution >= 0.6 is 21.6 Å². The van der Waals surface area contributed by atoms with Crippen LogP contribution in [0, 0.1) is 5.41 Å². The van der Waals surface area contributed by atoms with E-state index >= 15 is 0 Å². The molecule has 1 aliphatic rings. The molecule has 1 heterocycles. The highest BCUT2D eigenvalue weighted by Crippen LogP contribution is 2.36. The van der Waals surface area contributed by atoms with Gasteiger partial charge in [0.15, 0.2) is 0 Å². The van der Waals surface area contributed by atoms with Gasteiger partial charge in [-0.25, -0.2) is 0 Å². The van der Waals surface area contributed by atoms with Crippen molar-refractivity contribution in [3.8, 4) is 0 Å². The molecule has 5 nitrogen and oxygen atoms in total. The smallest absolute Gasteiger partial charge is 0.307 e. The predicted molar refractivity (Wildman–Crippen MR) is 133 cm³/mol. The molecule has 0 N–H and O–H groups in total. The van der Waals surface area contributed by atoms with Crippen LogP contribution in [0.1, 0.15) is 92.9 Å². The third-order valence-corrected chi connectivity index (χ3v) is 8.41. The zero-order chi connectivity index (χ0) is 23.3. The third kappa shape index (κ3) is 13.0. The Balaban J connectivity index is 2.09. The number of rotatable bonds is 15. The van der Waals surface area contributed by atoms with Crippen molar-refractivity contribution in [1.29, 1.82) is 0 Å². The van der Waals surface area contributed by atoms with Crippen molar-refractivity contribution in [2.45, 2.75) is 104 Å². The summed E-state index contributed by atoms with van der Waals surface area (Å²) in [6.45, 7) is 14.9. The minimum atomic E-state index is -0.0982. The largest absolute Gasteiger partial charge is 0.466 e. The van der Waals surface area contributed by atoms with Crippen LogP contribution in [-0.4, -0.2) is 59.7 Å². The van der Waals surface area contributed by atoms with Gasteiger partial charge < -0.3 is 9.47 Å². The molecule has 0 amide bonds. The summed E-state index contributed by atoms with van der Waals surface area (Å²) >= 11 is 0. The zero-order valence-electron chi connectivity index (χ0n) is 20.7. The molecular weight excluding hydrogens is 430 g/mol. The van der Waals surface area contributed by atoms with Crippen LogP contribution in [0.25, 0.3) is 0 Å². The third-order valence-electron chi connectivity index (χ3n) is 5.89. The summed E-state index contributed by atoms with van der Waals surface area (Å²) < 4.78 is 10.7. The van der Waals surface area contributed by atoms with E-state index in [-0.39, 0.29) is 22.9 Å². The number of hydrogen-bond donors (Lipinski definition) is 0. The standard InChI is InChI=1S/C24H45NO4S2/c1-7-24(5,6)25(20-18-30-31-19-20)15-13-22(27)29-17-11-9-8-10-16-28-21(26)12-14-23(2,3)4/h20H,7-19H2,1-6H3. The molecule has 182 valence electrons. The molecule has 0 spiro atoms. The van der Waals surface area contributed by atoms with E-state index in [1.807, 2.05) is 21.6 Å². The molecule has 0 unspecified atom stereocenters. The van der Waals surface area contributed by atoms with Gasteiger partial charge >= 0.3 is 11.9 Å². The van der Waals surface area contributed by atoms with Gasteiger partial charge in [0.05, 0.1) is 19.6 Å². The Hall–Kier alpha value is -0.400. The van der Waals surface area contributed by atoms with Gasteiger partial charge in [-0.15, -0.1) is 0 Å². The van der Waals surface area contributed by atoms with Crippen LogP contribution in [0.2, 0.25) is 0 Å². The molecule has 0 aromatic carbocycles. The molecule has 0 radical (unpaired) electrons. The Bertz CT molecular complexity index is 528. The Labute approximate surface area is 198 Å². The number of unbranched alkanes of at least 4 members (excludes halogenated alkanes) is 3. The van der Waals surface area contributed by atoms with Crippen LogP contribution < -0.4 is 0 Å². The van der Waals surface area contributed by atoms with Crippen LogP contribution in [0.15, 0.2) is 0 Å². The highest BCUT2D eigenvalue weighted by Gasteiger charge is 2.33. The first-order valence-corrected chi connectivity index (χ1v) is 14.4. The monoisotopic (exact) mass is 475 g/mol. The van der Waals surface area contributed by atoms with E-state index in [0.717, 1.165) is 56.6 Å². The molecule has 1 fully saturated rings. The first-order chi connectivity index (χ1) is 14.5. The lowest BCUT2D eigenvalue weighted by atomic mass is 9.91. The van der Waals surface area contributed by atoms with Crippen molar-refractivity contribution in [2.24, 2.45) is 5.41 Å². The molecule has 1 saturated heterocycles. The topological polar surface area (TPSA) is 55.8 Å². The average Bonchev–Trinajstić information content (AvgIpc) is 3.22. The Morgan fingerprint density at radius 3 is 1.87 bits per heavy atom. The summed E-state index contributed by atoms with van der Waals surface area (Å²) in [6, 6.07) is 0.542. The first kappa shape index (κ1) is 28.6. The maximum absolute atomic E-state index is 12.2. The molecule has 1 rings (SSSR count).